The van der Waals surface area contributed by atoms with E-state index in [0.29, 0.717) is 25.4 Å². The Morgan fingerprint density at radius 2 is 1.83 bits per heavy atom. The van der Waals surface area contributed by atoms with Crippen LogP contribution in [0.1, 0.15) is 11.1 Å². The average molecular weight is 314 g/mol. The molecule has 0 spiro atoms. The number of amides is 2. The van der Waals surface area contributed by atoms with Crippen molar-refractivity contribution >= 4 is 6.03 Å². The average Bonchev–Trinajstić information content (AvgIpc) is 2.57. The monoisotopic (exact) mass is 314 g/mol. The zero-order chi connectivity index (χ0) is 16.5. The first-order valence-electron chi connectivity index (χ1n) is 7.51. The summed E-state index contributed by atoms with van der Waals surface area (Å²) < 4.78 is 10.7. The van der Waals surface area contributed by atoms with E-state index in [1.807, 2.05) is 49.4 Å². The van der Waals surface area contributed by atoms with Gasteiger partial charge in [-0.3, -0.25) is 0 Å². The van der Waals surface area contributed by atoms with Gasteiger partial charge in [-0.25, -0.2) is 4.79 Å². The number of carbonyl (C=O) groups excluding carboxylic acids is 1. The van der Waals surface area contributed by atoms with Gasteiger partial charge in [0.2, 0.25) is 0 Å². The van der Waals surface area contributed by atoms with Crippen LogP contribution in [-0.4, -0.2) is 26.3 Å². The molecular formula is C18H22N2O3. The van der Waals surface area contributed by atoms with Crippen LogP contribution in [-0.2, 0) is 6.54 Å². The van der Waals surface area contributed by atoms with Gasteiger partial charge in [-0.1, -0.05) is 35.9 Å². The molecule has 0 aliphatic rings. The van der Waals surface area contributed by atoms with Crippen LogP contribution < -0.4 is 20.1 Å². The lowest BCUT2D eigenvalue weighted by Crippen LogP contribution is -2.37. The first-order valence-corrected chi connectivity index (χ1v) is 7.51. The molecule has 0 atom stereocenters. The number of ether oxygens (including phenoxy) is 2. The van der Waals surface area contributed by atoms with Crippen LogP contribution in [0.25, 0.3) is 0 Å². The number of urea groups is 1. The van der Waals surface area contributed by atoms with Crippen molar-refractivity contribution in [1.29, 1.82) is 0 Å². The van der Waals surface area contributed by atoms with Crippen LogP contribution in [0.15, 0.2) is 48.5 Å². The van der Waals surface area contributed by atoms with E-state index >= 15 is 0 Å². The van der Waals surface area contributed by atoms with E-state index in [9.17, 15) is 4.79 Å². The minimum Gasteiger partial charge on any atom is -0.497 e. The third-order valence-corrected chi connectivity index (χ3v) is 3.23. The van der Waals surface area contributed by atoms with E-state index in [-0.39, 0.29) is 6.03 Å². The largest absolute Gasteiger partial charge is 0.497 e. The molecule has 0 aliphatic carbocycles. The van der Waals surface area contributed by atoms with Gasteiger partial charge in [0.25, 0.3) is 0 Å². The van der Waals surface area contributed by atoms with Crippen molar-refractivity contribution in [3.05, 3.63) is 59.7 Å². The van der Waals surface area contributed by atoms with Crippen LogP contribution in [0.2, 0.25) is 0 Å². The van der Waals surface area contributed by atoms with Gasteiger partial charge in [0.15, 0.2) is 0 Å². The Hall–Kier alpha value is -2.69. The molecule has 0 saturated carbocycles. The van der Waals surface area contributed by atoms with Crippen molar-refractivity contribution in [3.8, 4) is 11.5 Å². The van der Waals surface area contributed by atoms with E-state index in [1.165, 1.54) is 5.56 Å². The summed E-state index contributed by atoms with van der Waals surface area (Å²) in [5, 5.41) is 5.58. The molecule has 2 aromatic rings. The molecule has 0 aromatic heterocycles. The fourth-order valence-corrected chi connectivity index (χ4v) is 2.09. The van der Waals surface area contributed by atoms with Gasteiger partial charge in [-0.2, -0.15) is 0 Å². The van der Waals surface area contributed by atoms with E-state index in [1.54, 1.807) is 13.2 Å². The van der Waals surface area contributed by atoms with E-state index in [4.69, 9.17) is 9.47 Å². The highest BCUT2D eigenvalue weighted by Gasteiger charge is 2.01. The number of benzene rings is 2. The Balaban J connectivity index is 1.64. The summed E-state index contributed by atoms with van der Waals surface area (Å²) in [6.07, 6.45) is 0. The maximum Gasteiger partial charge on any atom is 0.315 e. The summed E-state index contributed by atoms with van der Waals surface area (Å²) >= 11 is 0. The Kier molecular flexibility index (Phi) is 6.29. The standard InChI is InChI=1S/C18H22N2O3/c1-14-5-3-6-15(11-14)13-20-18(21)19-9-10-23-17-8-4-7-16(12-17)22-2/h3-8,11-12H,9-10,13H2,1-2H3,(H2,19,20,21). The zero-order valence-corrected chi connectivity index (χ0v) is 13.5. The molecule has 0 bridgehead atoms. The number of hydrogen-bond donors (Lipinski definition) is 2. The second kappa shape index (κ2) is 8.68. The van der Waals surface area contributed by atoms with E-state index < -0.39 is 0 Å². The Labute approximate surface area is 136 Å². The van der Waals surface area contributed by atoms with Gasteiger partial charge in [0, 0.05) is 12.6 Å². The zero-order valence-electron chi connectivity index (χ0n) is 13.5. The van der Waals surface area contributed by atoms with Crippen molar-refractivity contribution in [3.63, 3.8) is 0 Å². The SMILES string of the molecule is COc1cccc(OCCNC(=O)NCc2cccc(C)c2)c1. The maximum atomic E-state index is 11.7. The minimum atomic E-state index is -0.208. The number of hydrogen-bond acceptors (Lipinski definition) is 3. The third-order valence-electron chi connectivity index (χ3n) is 3.23. The molecule has 5 nitrogen and oxygen atoms in total. The maximum absolute atomic E-state index is 11.7. The number of rotatable bonds is 7. The first kappa shape index (κ1) is 16.7. The summed E-state index contributed by atoms with van der Waals surface area (Å²) in [5.74, 6) is 1.46. The number of aryl methyl sites for hydroxylation is 1. The highest BCUT2D eigenvalue weighted by Crippen LogP contribution is 2.18. The Morgan fingerprint density at radius 3 is 2.61 bits per heavy atom. The summed E-state index contributed by atoms with van der Waals surface area (Å²) in [6, 6.07) is 15.2. The van der Waals surface area contributed by atoms with Crippen molar-refractivity contribution in [2.75, 3.05) is 20.3 Å². The summed E-state index contributed by atoms with van der Waals surface area (Å²) in [4.78, 5) is 11.7. The highest BCUT2D eigenvalue weighted by atomic mass is 16.5. The van der Waals surface area contributed by atoms with Gasteiger partial charge in [0.05, 0.1) is 13.7 Å². The molecule has 5 heteroatoms. The van der Waals surface area contributed by atoms with Crippen molar-refractivity contribution < 1.29 is 14.3 Å². The molecular weight excluding hydrogens is 292 g/mol. The molecule has 122 valence electrons. The van der Waals surface area contributed by atoms with Crippen LogP contribution >= 0.6 is 0 Å². The molecule has 23 heavy (non-hydrogen) atoms. The molecule has 2 amide bonds. The minimum absolute atomic E-state index is 0.208. The Morgan fingerprint density at radius 1 is 1.04 bits per heavy atom. The normalized spacial score (nSPS) is 10.0. The molecule has 2 N–H and O–H groups in total. The van der Waals surface area contributed by atoms with Crippen LogP contribution in [0.3, 0.4) is 0 Å². The van der Waals surface area contributed by atoms with Gasteiger partial charge >= 0.3 is 6.03 Å². The second-order valence-electron chi connectivity index (χ2n) is 5.13. The Bertz CT molecular complexity index is 644. The number of carbonyl (C=O) groups is 1. The number of nitrogens with one attached hydrogen (secondary N) is 2. The van der Waals surface area contributed by atoms with E-state index in [2.05, 4.69) is 10.6 Å². The van der Waals surface area contributed by atoms with Crippen molar-refractivity contribution in [2.24, 2.45) is 0 Å². The molecule has 0 saturated heterocycles. The van der Waals surface area contributed by atoms with E-state index in [0.717, 1.165) is 11.3 Å². The topological polar surface area (TPSA) is 59.6 Å². The van der Waals surface area contributed by atoms with Gasteiger partial charge < -0.3 is 20.1 Å². The summed E-state index contributed by atoms with van der Waals surface area (Å²) in [5.41, 5.74) is 2.25. The molecule has 0 radical (unpaired) electrons. The molecule has 0 heterocycles. The van der Waals surface area contributed by atoms with Gasteiger partial charge in [-0.05, 0) is 24.6 Å². The lowest BCUT2D eigenvalue weighted by Gasteiger charge is -2.10. The second-order valence-corrected chi connectivity index (χ2v) is 5.13. The fraction of sp³-hybridized carbons (Fsp3) is 0.278. The van der Waals surface area contributed by atoms with Crippen LogP contribution in [0.4, 0.5) is 4.79 Å². The van der Waals surface area contributed by atoms with Crippen molar-refractivity contribution in [1.82, 2.24) is 10.6 Å². The summed E-state index contributed by atoms with van der Waals surface area (Å²) in [7, 11) is 1.61. The smallest absolute Gasteiger partial charge is 0.315 e. The first-order chi connectivity index (χ1) is 11.2. The molecule has 0 aliphatic heterocycles. The lowest BCUT2D eigenvalue weighted by atomic mass is 10.1. The quantitative estimate of drug-likeness (QED) is 0.773. The summed E-state index contributed by atoms with van der Waals surface area (Å²) in [6.45, 7) is 3.35. The van der Waals surface area contributed by atoms with Crippen molar-refractivity contribution in [2.45, 2.75) is 13.5 Å². The molecule has 2 aromatic carbocycles. The molecule has 2 rings (SSSR count). The van der Waals surface area contributed by atoms with Gasteiger partial charge in [0.1, 0.15) is 18.1 Å². The van der Waals surface area contributed by atoms with Crippen LogP contribution in [0, 0.1) is 6.92 Å². The highest BCUT2D eigenvalue weighted by molar-refractivity contribution is 5.73. The lowest BCUT2D eigenvalue weighted by molar-refractivity contribution is 0.236. The molecule has 0 unspecified atom stereocenters. The molecule has 0 fully saturated rings. The fourth-order valence-electron chi connectivity index (χ4n) is 2.09. The number of methoxy groups -OCH3 is 1. The van der Waals surface area contributed by atoms with Gasteiger partial charge in [-0.15, -0.1) is 0 Å². The predicted molar refractivity (Wildman–Crippen MR) is 89.9 cm³/mol. The van der Waals surface area contributed by atoms with Crippen LogP contribution in [0.5, 0.6) is 11.5 Å². The predicted octanol–water partition coefficient (Wildman–Crippen LogP) is 2.88. The third kappa shape index (κ3) is 5.90.